The fourth-order valence-corrected chi connectivity index (χ4v) is 3.44. The van der Waals surface area contributed by atoms with Crippen LogP contribution in [0.25, 0.3) is 0 Å². The molecule has 1 atom stereocenters. The van der Waals surface area contributed by atoms with Gasteiger partial charge in [-0.2, -0.15) is 0 Å². The maximum atomic E-state index is 5.85. The third-order valence-corrected chi connectivity index (χ3v) is 4.54. The lowest BCUT2D eigenvalue weighted by atomic mass is 9.93. The Kier molecular flexibility index (Phi) is 4.27. The number of benzene rings is 2. The molecule has 0 amide bonds. The standard InChI is InChI=1S/C17H19OP/c1-3-7-14(8-4-1)17(13-19-18-16-11-12-16)15-9-5-2-6-10-15/h1-10,16-17,19H,11-13H2. The Labute approximate surface area is 116 Å². The average molecular weight is 270 g/mol. The Balaban J connectivity index is 1.74. The van der Waals surface area contributed by atoms with E-state index in [1.165, 1.54) is 24.0 Å². The van der Waals surface area contributed by atoms with Gasteiger partial charge in [0.2, 0.25) is 0 Å². The van der Waals surface area contributed by atoms with E-state index in [4.69, 9.17) is 4.52 Å². The largest absolute Gasteiger partial charge is 0.359 e. The molecule has 98 valence electrons. The van der Waals surface area contributed by atoms with Gasteiger partial charge in [-0.15, -0.1) is 0 Å². The van der Waals surface area contributed by atoms with Crippen LogP contribution in [0.1, 0.15) is 29.9 Å². The van der Waals surface area contributed by atoms with E-state index in [1.54, 1.807) is 0 Å². The van der Waals surface area contributed by atoms with E-state index >= 15 is 0 Å². The zero-order chi connectivity index (χ0) is 12.9. The van der Waals surface area contributed by atoms with E-state index in [0.29, 0.717) is 20.8 Å². The van der Waals surface area contributed by atoms with Gasteiger partial charge in [-0.25, -0.2) is 0 Å². The van der Waals surface area contributed by atoms with Gasteiger partial charge < -0.3 is 4.52 Å². The number of hydrogen-bond acceptors (Lipinski definition) is 1. The third-order valence-electron chi connectivity index (χ3n) is 3.47. The molecule has 0 saturated heterocycles. The molecule has 0 N–H and O–H groups in total. The molecule has 2 aromatic carbocycles. The first kappa shape index (κ1) is 12.8. The van der Waals surface area contributed by atoms with Crippen molar-refractivity contribution in [3.8, 4) is 0 Å². The van der Waals surface area contributed by atoms with Gasteiger partial charge >= 0.3 is 0 Å². The van der Waals surface area contributed by atoms with E-state index in [9.17, 15) is 0 Å². The Bertz CT molecular complexity index is 454. The SMILES string of the molecule is c1ccc(C(CPOC2CC2)c2ccccc2)cc1. The monoisotopic (exact) mass is 270 g/mol. The zero-order valence-corrected chi connectivity index (χ0v) is 12.0. The molecular weight excluding hydrogens is 251 g/mol. The predicted molar refractivity (Wildman–Crippen MR) is 82.0 cm³/mol. The molecule has 3 rings (SSSR count). The Hall–Kier alpha value is -1.17. The van der Waals surface area contributed by atoms with E-state index in [-0.39, 0.29) is 0 Å². The molecule has 0 bridgehead atoms. The van der Waals surface area contributed by atoms with Crippen LogP contribution in [-0.2, 0) is 4.52 Å². The van der Waals surface area contributed by atoms with Crippen molar-refractivity contribution in [2.45, 2.75) is 24.9 Å². The lowest BCUT2D eigenvalue weighted by Gasteiger charge is -2.18. The summed E-state index contributed by atoms with van der Waals surface area (Å²) in [5.41, 5.74) is 2.78. The van der Waals surface area contributed by atoms with Crippen LogP contribution in [0.5, 0.6) is 0 Å². The minimum atomic E-state index is 0.458. The van der Waals surface area contributed by atoms with Gasteiger partial charge in [0.05, 0.1) is 6.10 Å². The lowest BCUT2D eigenvalue weighted by molar-refractivity contribution is 0.348. The Morgan fingerprint density at radius 2 is 1.42 bits per heavy atom. The molecule has 0 heterocycles. The molecule has 0 spiro atoms. The fourth-order valence-electron chi connectivity index (χ4n) is 2.23. The zero-order valence-electron chi connectivity index (χ0n) is 11.0. The first-order valence-corrected chi connectivity index (χ1v) is 8.03. The van der Waals surface area contributed by atoms with E-state index in [2.05, 4.69) is 60.7 Å². The molecule has 1 fully saturated rings. The highest BCUT2D eigenvalue weighted by Crippen LogP contribution is 2.36. The molecule has 1 unspecified atom stereocenters. The summed E-state index contributed by atoms with van der Waals surface area (Å²) >= 11 is 0. The van der Waals surface area contributed by atoms with Crippen molar-refractivity contribution in [2.75, 3.05) is 6.16 Å². The summed E-state index contributed by atoms with van der Waals surface area (Å²) in [4.78, 5) is 0. The molecule has 0 aromatic heterocycles. The van der Waals surface area contributed by atoms with Gasteiger partial charge in [0.25, 0.3) is 0 Å². The molecule has 2 heteroatoms. The highest BCUT2D eigenvalue weighted by Gasteiger charge is 2.23. The van der Waals surface area contributed by atoms with Crippen LogP contribution in [0.3, 0.4) is 0 Å². The highest BCUT2D eigenvalue weighted by atomic mass is 31.1. The first-order chi connectivity index (χ1) is 9.43. The topological polar surface area (TPSA) is 9.23 Å². The molecule has 1 saturated carbocycles. The summed E-state index contributed by atoms with van der Waals surface area (Å²) in [6.07, 6.45) is 4.17. The summed E-state index contributed by atoms with van der Waals surface area (Å²) in [6, 6.07) is 21.5. The van der Waals surface area contributed by atoms with E-state index < -0.39 is 0 Å². The smallest absolute Gasteiger partial charge is 0.0616 e. The lowest BCUT2D eigenvalue weighted by Crippen LogP contribution is -2.04. The molecule has 2 aromatic rings. The second kappa shape index (κ2) is 6.32. The van der Waals surface area contributed by atoms with Crippen LogP contribution in [0, 0.1) is 0 Å². The minimum Gasteiger partial charge on any atom is -0.359 e. The maximum absolute atomic E-state index is 5.85. The maximum Gasteiger partial charge on any atom is 0.0616 e. The summed E-state index contributed by atoms with van der Waals surface area (Å²) in [5.74, 6) is 0.458. The number of hydrogen-bond donors (Lipinski definition) is 0. The van der Waals surface area contributed by atoms with Crippen LogP contribution >= 0.6 is 8.81 Å². The van der Waals surface area contributed by atoms with Gasteiger partial charge in [-0.3, -0.25) is 0 Å². The van der Waals surface area contributed by atoms with Gasteiger partial charge in [-0.1, -0.05) is 60.7 Å². The molecule has 0 aliphatic heterocycles. The van der Waals surface area contributed by atoms with Crippen LogP contribution in [0.15, 0.2) is 60.7 Å². The molecule has 1 aliphatic rings. The van der Waals surface area contributed by atoms with Crippen molar-refractivity contribution in [2.24, 2.45) is 0 Å². The van der Waals surface area contributed by atoms with Crippen molar-refractivity contribution in [1.29, 1.82) is 0 Å². The van der Waals surface area contributed by atoms with E-state index in [0.717, 1.165) is 6.16 Å². The molecule has 19 heavy (non-hydrogen) atoms. The van der Waals surface area contributed by atoms with Crippen LogP contribution in [0.4, 0.5) is 0 Å². The van der Waals surface area contributed by atoms with Crippen LogP contribution < -0.4 is 0 Å². The molecule has 0 radical (unpaired) electrons. The molecular formula is C17H19OP. The van der Waals surface area contributed by atoms with Crippen molar-refractivity contribution >= 4 is 8.81 Å². The highest BCUT2D eigenvalue weighted by molar-refractivity contribution is 7.32. The van der Waals surface area contributed by atoms with Gasteiger partial charge in [0.1, 0.15) is 0 Å². The Morgan fingerprint density at radius 3 is 1.89 bits per heavy atom. The predicted octanol–water partition coefficient (Wildman–Crippen LogP) is 4.59. The van der Waals surface area contributed by atoms with Gasteiger partial charge in [0.15, 0.2) is 0 Å². The summed E-state index contributed by atoms with van der Waals surface area (Å²) in [5, 5.41) is 0. The Morgan fingerprint density at radius 1 is 0.895 bits per heavy atom. The molecule has 1 aliphatic carbocycles. The quantitative estimate of drug-likeness (QED) is 0.697. The summed E-state index contributed by atoms with van der Waals surface area (Å²) < 4.78 is 5.85. The first-order valence-electron chi connectivity index (χ1n) is 6.92. The second-order valence-corrected chi connectivity index (χ2v) is 5.97. The fraction of sp³-hybridized carbons (Fsp3) is 0.294. The van der Waals surface area contributed by atoms with Crippen molar-refractivity contribution in [1.82, 2.24) is 0 Å². The third kappa shape index (κ3) is 3.65. The van der Waals surface area contributed by atoms with Gasteiger partial charge in [-0.05, 0) is 24.0 Å². The van der Waals surface area contributed by atoms with E-state index in [1.807, 2.05) is 0 Å². The molecule has 1 nitrogen and oxygen atoms in total. The summed E-state index contributed by atoms with van der Waals surface area (Å²) in [7, 11) is 0.606. The summed E-state index contributed by atoms with van der Waals surface area (Å²) in [6.45, 7) is 0. The normalized spacial score (nSPS) is 15.4. The van der Waals surface area contributed by atoms with Crippen molar-refractivity contribution in [3.63, 3.8) is 0 Å². The minimum absolute atomic E-state index is 0.458. The van der Waals surface area contributed by atoms with Crippen molar-refractivity contribution in [3.05, 3.63) is 71.8 Å². The van der Waals surface area contributed by atoms with Crippen LogP contribution in [-0.4, -0.2) is 12.3 Å². The van der Waals surface area contributed by atoms with Crippen molar-refractivity contribution < 1.29 is 4.52 Å². The van der Waals surface area contributed by atoms with Gasteiger partial charge in [0, 0.05) is 20.9 Å². The van der Waals surface area contributed by atoms with Crippen LogP contribution in [0.2, 0.25) is 0 Å². The number of rotatable bonds is 6. The average Bonchev–Trinajstić information content (AvgIpc) is 3.30. The second-order valence-electron chi connectivity index (χ2n) is 5.04.